The average Bonchev–Trinajstić information content (AvgIpc) is 2.61. The second-order valence-corrected chi connectivity index (χ2v) is 8.58. The minimum Gasteiger partial charge on any atom is -0.379 e. The first-order chi connectivity index (χ1) is 11.8. The maximum Gasteiger partial charge on any atom is 0.483 e. The number of rotatable bonds is 17. The van der Waals surface area contributed by atoms with Crippen LogP contribution in [0.3, 0.4) is 0 Å². The molecule has 0 N–H and O–H groups in total. The van der Waals surface area contributed by atoms with Gasteiger partial charge in [0.1, 0.15) is 0 Å². The van der Waals surface area contributed by atoms with Crippen LogP contribution in [0.2, 0.25) is 0 Å². The highest BCUT2D eigenvalue weighted by Crippen LogP contribution is 2.13. The molecule has 0 amide bonds. The molecule has 3 nitrogen and oxygen atoms in total. The van der Waals surface area contributed by atoms with Crippen molar-refractivity contribution in [3.05, 3.63) is 0 Å². The molecule has 0 spiro atoms. The fourth-order valence-corrected chi connectivity index (χ4v) is 3.31. The SMILES string of the molecule is CCCCCCCCCCCCCCCCC.CO[SiH](OC)OC. The Hall–Kier alpha value is 0.0969. The Kier molecular flexibility index (Phi) is 27.8. The molecule has 0 atom stereocenters. The molecular weight excluding hydrogens is 316 g/mol. The molecule has 0 saturated heterocycles. The third-order valence-corrected chi connectivity index (χ3v) is 5.44. The zero-order valence-corrected chi connectivity index (χ0v) is 18.6. The molecule has 0 radical (unpaired) electrons. The predicted octanol–water partition coefficient (Wildman–Crippen LogP) is 6.52. The minimum absolute atomic E-state index is 1.37. The fraction of sp³-hybridized carbons (Fsp3) is 1.00. The van der Waals surface area contributed by atoms with Gasteiger partial charge in [-0.25, -0.2) is 0 Å². The van der Waals surface area contributed by atoms with Crippen LogP contribution < -0.4 is 0 Å². The molecule has 0 aromatic heterocycles. The summed E-state index contributed by atoms with van der Waals surface area (Å²) in [6.07, 6.45) is 21.9. The molecule has 4 heteroatoms. The molecule has 0 bridgehead atoms. The first-order valence-electron chi connectivity index (χ1n) is 10.3. The first kappa shape index (κ1) is 26.3. The molecule has 0 aromatic rings. The Labute approximate surface area is 154 Å². The third kappa shape index (κ3) is 24.4. The number of hydrogen-bond donors (Lipinski definition) is 0. The van der Waals surface area contributed by atoms with Crippen molar-refractivity contribution in [2.24, 2.45) is 0 Å². The van der Waals surface area contributed by atoms with Gasteiger partial charge in [0.2, 0.25) is 0 Å². The summed E-state index contributed by atoms with van der Waals surface area (Å²) in [7, 11) is 3.05. The normalized spacial score (nSPS) is 10.8. The standard InChI is InChI=1S/C17H36.C3H10O3Si/c1-3-5-7-9-11-13-15-17-16-14-12-10-8-6-4-2;1-4-7(5-2)6-3/h3-17H2,1-2H3;7H,1-3H3. The summed E-state index contributed by atoms with van der Waals surface area (Å²) in [5.41, 5.74) is 0. The fourth-order valence-electron chi connectivity index (χ4n) is 2.73. The lowest BCUT2D eigenvalue weighted by atomic mass is 10.0. The average molecular weight is 363 g/mol. The van der Waals surface area contributed by atoms with Gasteiger partial charge in [0.05, 0.1) is 0 Å². The van der Waals surface area contributed by atoms with E-state index in [1.165, 1.54) is 96.3 Å². The van der Waals surface area contributed by atoms with Crippen LogP contribution in [0, 0.1) is 0 Å². The van der Waals surface area contributed by atoms with Gasteiger partial charge in [-0.2, -0.15) is 0 Å². The molecule has 0 aliphatic rings. The van der Waals surface area contributed by atoms with E-state index in [1.807, 2.05) is 0 Å². The minimum atomic E-state index is -1.67. The van der Waals surface area contributed by atoms with Crippen molar-refractivity contribution in [1.82, 2.24) is 0 Å². The van der Waals surface area contributed by atoms with E-state index in [4.69, 9.17) is 13.3 Å². The van der Waals surface area contributed by atoms with E-state index in [2.05, 4.69) is 13.8 Å². The Balaban J connectivity index is 0. The highest BCUT2D eigenvalue weighted by Gasteiger charge is 2.04. The molecule has 0 fully saturated rings. The van der Waals surface area contributed by atoms with Crippen LogP contribution in [0.15, 0.2) is 0 Å². The molecule has 0 heterocycles. The summed E-state index contributed by atoms with van der Waals surface area (Å²) in [5, 5.41) is 0. The molecule has 0 aliphatic carbocycles. The van der Waals surface area contributed by atoms with E-state index in [-0.39, 0.29) is 0 Å². The quantitative estimate of drug-likeness (QED) is 0.218. The maximum atomic E-state index is 4.74. The van der Waals surface area contributed by atoms with Gasteiger partial charge in [-0.15, -0.1) is 0 Å². The smallest absolute Gasteiger partial charge is 0.379 e. The molecule has 0 aliphatic heterocycles. The van der Waals surface area contributed by atoms with E-state index >= 15 is 0 Å². The van der Waals surface area contributed by atoms with Crippen molar-refractivity contribution < 1.29 is 13.3 Å². The predicted molar refractivity (Wildman–Crippen MR) is 109 cm³/mol. The Morgan fingerprint density at radius 3 is 0.750 bits per heavy atom. The summed E-state index contributed by atoms with van der Waals surface area (Å²) in [5.74, 6) is 0. The van der Waals surface area contributed by atoms with E-state index < -0.39 is 9.53 Å². The molecular formula is C20H46O3Si. The van der Waals surface area contributed by atoms with Crippen LogP contribution in [-0.2, 0) is 13.3 Å². The molecule has 0 saturated carbocycles. The van der Waals surface area contributed by atoms with E-state index in [1.54, 1.807) is 21.3 Å². The van der Waals surface area contributed by atoms with Gasteiger partial charge < -0.3 is 13.3 Å². The summed E-state index contributed by atoms with van der Waals surface area (Å²) >= 11 is 0. The Morgan fingerprint density at radius 1 is 0.417 bits per heavy atom. The summed E-state index contributed by atoms with van der Waals surface area (Å²) < 4.78 is 14.2. The topological polar surface area (TPSA) is 27.7 Å². The van der Waals surface area contributed by atoms with Crippen molar-refractivity contribution in [3.8, 4) is 0 Å². The Morgan fingerprint density at radius 2 is 0.625 bits per heavy atom. The van der Waals surface area contributed by atoms with Crippen LogP contribution in [0.4, 0.5) is 0 Å². The van der Waals surface area contributed by atoms with Crippen molar-refractivity contribution in [2.75, 3.05) is 21.3 Å². The van der Waals surface area contributed by atoms with E-state index in [9.17, 15) is 0 Å². The second-order valence-electron chi connectivity index (χ2n) is 6.59. The largest absolute Gasteiger partial charge is 0.483 e. The van der Waals surface area contributed by atoms with Gasteiger partial charge in [0.15, 0.2) is 0 Å². The molecule has 24 heavy (non-hydrogen) atoms. The van der Waals surface area contributed by atoms with Crippen LogP contribution in [0.5, 0.6) is 0 Å². The molecule has 0 rings (SSSR count). The molecule has 0 aromatic carbocycles. The highest BCUT2D eigenvalue weighted by atomic mass is 28.3. The van der Waals surface area contributed by atoms with Gasteiger partial charge in [-0.1, -0.05) is 110 Å². The Bertz CT molecular complexity index is 180. The number of hydrogen-bond acceptors (Lipinski definition) is 3. The zero-order chi connectivity index (χ0) is 18.3. The van der Waals surface area contributed by atoms with Gasteiger partial charge >= 0.3 is 9.53 Å². The van der Waals surface area contributed by atoms with Crippen LogP contribution in [0.1, 0.15) is 110 Å². The molecule has 148 valence electrons. The molecule has 0 unspecified atom stereocenters. The van der Waals surface area contributed by atoms with Crippen LogP contribution in [0.25, 0.3) is 0 Å². The second kappa shape index (κ2) is 25.3. The number of unbranched alkanes of at least 4 members (excludes halogenated alkanes) is 14. The third-order valence-electron chi connectivity index (χ3n) is 4.28. The van der Waals surface area contributed by atoms with Gasteiger partial charge in [-0.3, -0.25) is 0 Å². The van der Waals surface area contributed by atoms with Crippen molar-refractivity contribution in [2.45, 2.75) is 110 Å². The first-order valence-corrected chi connectivity index (χ1v) is 11.8. The van der Waals surface area contributed by atoms with Gasteiger partial charge in [0.25, 0.3) is 0 Å². The van der Waals surface area contributed by atoms with E-state index in [0.29, 0.717) is 0 Å². The van der Waals surface area contributed by atoms with Crippen molar-refractivity contribution in [1.29, 1.82) is 0 Å². The summed E-state index contributed by atoms with van der Waals surface area (Å²) in [6, 6.07) is 0. The maximum absolute atomic E-state index is 4.74. The van der Waals surface area contributed by atoms with Crippen molar-refractivity contribution in [3.63, 3.8) is 0 Å². The van der Waals surface area contributed by atoms with Gasteiger partial charge in [0, 0.05) is 21.3 Å². The van der Waals surface area contributed by atoms with E-state index in [0.717, 1.165) is 0 Å². The lowest BCUT2D eigenvalue weighted by Crippen LogP contribution is -2.21. The zero-order valence-electron chi connectivity index (χ0n) is 17.4. The lowest BCUT2D eigenvalue weighted by Gasteiger charge is -2.05. The van der Waals surface area contributed by atoms with Crippen LogP contribution in [-0.4, -0.2) is 30.9 Å². The van der Waals surface area contributed by atoms with Gasteiger partial charge in [-0.05, 0) is 0 Å². The lowest BCUT2D eigenvalue weighted by molar-refractivity contribution is 0.163. The monoisotopic (exact) mass is 362 g/mol. The highest BCUT2D eigenvalue weighted by molar-refractivity contribution is 6.36. The summed E-state index contributed by atoms with van der Waals surface area (Å²) in [6.45, 7) is 4.58. The summed E-state index contributed by atoms with van der Waals surface area (Å²) in [4.78, 5) is 0. The van der Waals surface area contributed by atoms with Crippen molar-refractivity contribution >= 4 is 9.53 Å². The van der Waals surface area contributed by atoms with Crippen LogP contribution >= 0.6 is 0 Å².